The number of benzene rings is 1. The van der Waals surface area contributed by atoms with Gasteiger partial charge in [-0.25, -0.2) is 4.39 Å². The highest BCUT2D eigenvalue weighted by molar-refractivity contribution is 7.84. The lowest BCUT2D eigenvalue weighted by molar-refractivity contribution is 0.0956. The molecule has 5 heteroatoms. The topological polar surface area (TPSA) is 46.2 Å². The Morgan fingerprint density at radius 3 is 2.75 bits per heavy atom. The number of rotatable bonds is 4. The molecule has 1 atom stereocenters. The summed E-state index contributed by atoms with van der Waals surface area (Å²) in [5.74, 6) is -0.175. The van der Waals surface area contributed by atoms with Crippen LogP contribution in [0.15, 0.2) is 18.2 Å². The molecule has 16 heavy (non-hydrogen) atoms. The monoisotopic (exact) mass is 243 g/mol. The maximum absolute atomic E-state index is 12.9. The molecule has 1 rings (SSSR count). The summed E-state index contributed by atoms with van der Waals surface area (Å²) in [5, 5.41) is 2.62. The molecule has 0 heterocycles. The minimum atomic E-state index is -0.921. The van der Waals surface area contributed by atoms with Gasteiger partial charge in [-0.15, -0.1) is 0 Å². The largest absolute Gasteiger partial charge is 0.351 e. The van der Waals surface area contributed by atoms with E-state index in [2.05, 4.69) is 5.32 Å². The van der Waals surface area contributed by atoms with E-state index < -0.39 is 10.8 Å². The summed E-state index contributed by atoms with van der Waals surface area (Å²) in [4.78, 5) is 11.6. The second-order valence-corrected chi connectivity index (χ2v) is 5.05. The number of carbonyl (C=O) groups excluding carboxylic acids is 1. The predicted octanol–water partition coefficient (Wildman–Crippen LogP) is 1.24. The second-order valence-electron chi connectivity index (χ2n) is 3.50. The third-order valence-electron chi connectivity index (χ3n) is 2.10. The van der Waals surface area contributed by atoms with Crippen molar-refractivity contribution in [1.29, 1.82) is 0 Å². The maximum atomic E-state index is 12.9. The first-order valence-corrected chi connectivity index (χ1v) is 6.58. The molecule has 0 aromatic heterocycles. The highest BCUT2D eigenvalue weighted by Crippen LogP contribution is 2.08. The van der Waals surface area contributed by atoms with Gasteiger partial charge < -0.3 is 5.32 Å². The smallest absolute Gasteiger partial charge is 0.251 e. The number of aryl methyl sites for hydroxylation is 1. The van der Waals surface area contributed by atoms with Gasteiger partial charge in [0, 0.05) is 34.9 Å². The van der Waals surface area contributed by atoms with E-state index in [9.17, 15) is 13.4 Å². The van der Waals surface area contributed by atoms with Crippen molar-refractivity contribution >= 4 is 16.7 Å². The van der Waals surface area contributed by atoms with Gasteiger partial charge in [0.15, 0.2) is 0 Å². The van der Waals surface area contributed by atoms with Gasteiger partial charge in [0.25, 0.3) is 5.91 Å². The highest BCUT2D eigenvalue weighted by atomic mass is 32.2. The molecule has 1 aromatic rings. The fourth-order valence-electron chi connectivity index (χ4n) is 1.20. The highest BCUT2D eigenvalue weighted by Gasteiger charge is 2.07. The number of hydrogen-bond acceptors (Lipinski definition) is 2. The first-order chi connectivity index (χ1) is 7.50. The average Bonchev–Trinajstić information content (AvgIpc) is 2.21. The van der Waals surface area contributed by atoms with E-state index in [-0.39, 0.29) is 11.7 Å². The molecule has 0 saturated carbocycles. The van der Waals surface area contributed by atoms with Crippen LogP contribution in [0.1, 0.15) is 15.9 Å². The second kappa shape index (κ2) is 5.75. The van der Waals surface area contributed by atoms with Gasteiger partial charge in [-0.2, -0.15) is 0 Å². The van der Waals surface area contributed by atoms with Crippen molar-refractivity contribution in [3.63, 3.8) is 0 Å². The van der Waals surface area contributed by atoms with Crippen LogP contribution in [0.4, 0.5) is 4.39 Å². The Balaban J connectivity index is 2.59. The van der Waals surface area contributed by atoms with Crippen molar-refractivity contribution in [2.45, 2.75) is 6.92 Å². The van der Waals surface area contributed by atoms with Gasteiger partial charge in [0.05, 0.1) is 0 Å². The van der Waals surface area contributed by atoms with E-state index in [1.807, 2.05) is 0 Å². The Bertz CT molecular complexity index is 420. The van der Waals surface area contributed by atoms with E-state index in [1.165, 1.54) is 18.2 Å². The number of halogens is 1. The molecule has 1 aromatic carbocycles. The van der Waals surface area contributed by atoms with Gasteiger partial charge in [-0.3, -0.25) is 9.00 Å². The van der Waals surface area contributed by atoms with E-state index in [4.69, 9.17) is 0 Å². The normalized spacial score (nSPS) is 12.2. The number of hydrogen-bond donors (Lipinski definition) is 1. The molecule has 0 aliphatic rings. The average molecular weight is 243 g/mol. The van der Waals surface area contributed by atoms with Crippen LogP contribution in [0.5, 0.6) is 0 Å². The molecule has 1 amide bonds. The summed E-state index contributed by atoms with van der Waals surface area (Å²) in [7, 11) is -0.921. The molecule has 0 bridgehead atoms. The van der Waals surface area contributed by atoms with Crippen LogP contribution >= 0.6 is 0 Å². The van der Waals surface area contributed by atoms with Crippen molar-refractivity contribution in [1.82, 2.24) is 5.32 Å². The summed E-state index contributed by atoms with van der Waals surface area (Å²) in [6.07, 6.45) is 1.58. The summed E-state index contributed by atoms with van der Waals surface area (Å²) in [5.41, 5.74) is 0.854. The van der Waals surface area contributed by atoms with Gasteiger partial charge in [-0.1, -0.05) is 0 Å². The molecular weight excluding hydrogens is 229 g/mol. The van der Waals surface area contributed by atoms with Gasteiger partial charge in [-0.05, 0) is 30.7 Å². The van der Waals surface area contributed by atoms with Crippen LogP contribution in [0, 0.1) is 12.7 Å². The summed E-state index contributed by atoms with van der Waals surface area (Å²) in [6, 6.07) is 4.19. The zero-order valence-corrected chi connectivity index (χ0v) is 10.1. The molecule has 3 nitrogen and oxygen atoms in total. The fourth-order valence-corrected chi connectivity index (χ4v) is 1.59. The van der Waals surface area contributed by atoms with Gasteiger partial charge >= 0.3 is 0 Å². The third-order valence-corrected chi connectivity index (χ3v) is 2.87. The summed E-state index contributed by atoms with van der Waals surface area (Å²) in [6.45, 7) is 1.96. The molecule has 88 valence electrons. The number of nitrogens with one attached hydrogen (secondary N) is 1. The van der Waals surface area contributed by atoms with E-state index in [0.29, 0.717) is 23.4 Å². The van der Waals surface area contributed by atoms with Gasteiger partial charge in [0.2, 0.25) is 0 Å². The minimum absolute atomic E-state index is 0.270. The molecule has 0 radical (unpaired) electrons. The lowest BCUT2D eigenvalue weighted by Gasteiger charge is -2.05. The number of amides is 1. The Morgan fingerprint density at radius 2 is 2.19 bits per heavy atom. The van der Waals surface area contributed by atoms with E-state index >= 15 is 0 Å². The summed E-state index contributed by atoms with van der Waals surface area (Å²) >= 11 is 0. The van der Waals surface area contributed by atoms with Crippen LogP contribution in [0.2, 0.25) is 0 Å². The fraction of sp³-hybridized carbons (Fsp3) is 0.364. The summed E-state index contributed by atoms with van der Waals surface area (Å²) < 4.78 is 23.7. The Labute approximate surface area is 96.5 Å². The lowest BCUT2D eigenvalue weighted by atomic mass is 10.1. The molecule has 0 saturated heterocycles. The van der Waals surface area contributed by atoms with Crippen molar-refractivity contribution in [3.8, 4) is 0 Å². The van der Waals surface area contributed by atoms with Crippen LogP contribution in [-0.2, 0) is 10.8 Å². The lowest BCUT2D eigenvalue weighted by Crippen LogP contribution is -2.27. The van der Waals surface area contributed by atoms with Crippen molar-refractivity contribution in [2.75, 3.05) is 18.6 Å². The standard InChI is InChI=1S/C11H14FNO2S/c1-8-7-9(3-4-10(8)12)11(14)13-5-6-16(2)15/h3-4,7H,5-6H2,1-2H3,(H,13,14). The maximum Gasteiger partial charge on any atom is 0.251 e. The molecule has 1 unspecified atom stereocenters. The molecule has 0 aliphatic heterocycles. The van der Waals surface area contributed by atoms with Crippen LogP contribution in [-0.4, -0.2) is 28.7 Å². The predicted molar refractivity (Wildman–Crippen MR) is 62.4 cm³/mol. The Morgan fingerprint density at radius 1 is 1.50 bits per heavy atom. The number of carbonyl (C=O) groups is 1. The zero-order valence-electron chi connectivity index (χ0n) is 9.25. The van der Waals surface area contributed by atoms with Crippen LogP contribution in [0.3, 0.4) is 0 Å². The first kappa shape index (κ1) is 12.8. The molecule has 0 fully saturated rings. The first-order valence-electron chi connectivity index (χ1n) is 4.85. The molecule has 0 aliphatic carbocycles. The van der Waals surface area contributed by atoms with Gasteiger partial charge in [0.1, 0.15) is 5.82 Å². The SMILES string of the molecule is Cc1cc(C(=O)NCCS(C)=O)ccc1F. The Hall–Kier alpha value is -1.23. The Kier molecular flexibility index (Phi) is 4.61. The molecule has 0 spiro atoms. The molecular formula is C11H14FNO2S. The van der Waals surface area contributed by atoms with E-state index in [0.717, 1.165) is 0 Å². The molecule has 1 N–H and O–H groups in total. The van der Waals surface area contributed by atoms with Crippen molar-refractivity contribution in [2.24, 2.45) is 0 Å². The zero-order chi connectivity index (χ0) is 12.1. The van der Waals surface area contributed by atoms with Crippen molar-refractivity contribution in [3.05, 3.63) is 35.1 Å². The van der Waals surface area contributed by atoms with Crippen molar-refractivity contribution < 1.29 is 13.4 Å². The quantitative estimate of drug-likeness (QED) is 0.865. The minimum Gasteiger partial charge on any atom is -0.351 e. The van der Waals surface area contributed by atoms with Crippen LogP contribution in [0.25, 0.3) is 0 Å². The van der Waals surface area contributed by atoms with Crippen LogP contribution < -0.4 is 5.32 Å². The van der Waals surface area contributed by atoms with E-state index in [1.54, 1.807) is 13.2 Å². The third kappa shape index (κ3) is 3.73.